The first-order valence-corrected chi connectivity index (χ1v) is 8.34. The maximum atomic E-state index is 12.1. The van der Waals surface area contributed by atoms with Crippen molar-refractivity contribution < 1.29 is 14.3 Å². The third kappa shape index (κ3) is 5.53. The quantitative estimate of drug-likeness (QED) is 0.679. The Balaban J connectivity index is 1.40. The molecule has 0 heterocycles. The summed E-state index contributed by atoms with van der Waals surface area (Å²) in [4.78, 5) is 23.7. The van der Waals surface area contributed by atoms with Crippen LogP contribution >= 0.6 is 0 Å². The van der Waals surface area contributed by atoms with Crippen LogP contribution in [-0.4, -0.2) is 31.1 Å². The highest BCUT2D eigenvalue weighted by molar-refractivity contribution is 5.95. The molecule has 0 bridgehead atoms. The van der Waals surface area contributed by atoms with E-state index in [1.165, 1.54) is 0 Å². The Morgan fingerprint density at radius 2 is 1.72 bits per heavy atom. The number of nitrogens with one attached hydrogen (secondary N) is 3. The molecule has 2 aromatic rings. The highest BCUT2D eigenvalue weighted by Gasteiger charge is 2.23. The molecule has 0 atom stereocenters. The molecule has 0 aromatic heterocycles. The molecule has 0 unspecified atom stereocenters. The summed E-state index contributed by atoms with van der Waals surface area (Å²) >= 11 is 0. The average molecular weight is 339 g/mol. The first kappa shape index (κ1) is 16.8. The maximum absolute atomic E-state index is 12.1. The van der Waals surface area contributed by atoms with Gasteiger partial charge in [0.15, 0.2) is 0 Å². The van der Waals surface area contributed by atoms with Crippen LogP contribution in [-0.2, 0) is 0 Å². The Kier molecular flexibility index (Phi) is 5.51. The van der Waals surface area contributed by atoms with Crippen LogP contribution in [0.5, 0.6) is 5.75 Å². The zero-order chi connectivity index (χ0) is 17.5. The van der Waals surface area contributed by atoms with Gasteiger partial charge >= 0.3 is 6.03 Å². The van der Waals surface area contributed by atoms with Crippen LogP contribution in [0.15, 0.2) is 54.6 Å². The molecule has 0 radical (unpaired) electrons. The van der Waals surface area contributed by atoms with Gasteiger partial charge in [0.25, 0.3) is 5.91 Å². The van der Waals surface area contributed by atoms with Crippen LogP contribution in [0.3, 0.4) is 0 Å². The molecular weight excluding hydrogens is 318 g/mol. The van der Waals surface area contributed by atoms with E-state index in [-0.39, 0.29) is 11.9 Å². The third-order valence-electron chi connectivity index (χ3n) is 3.72. The highest BCUT2D eigenvalue weighted by Crippen LogP contribution is 2.19. The lowest BCUT2D eigenvalue weighted by Crippen LogP contribution is -2.30. The van der Waals surface area contributed by atoms with Gasteiger partial charge in [-0.05, 0) is 49.2 Å². The Labute approximate surface area is 146 Å². The molecule has 6 heteroatoms. The molecule has 0 aliphatic heterocycles. The molecule has 3 N–H and O–H groups in total. The van der Waals surface area contributed by atoms with Gasteiger partial charge in [0, 0.05) is 17.3 Å². The van der Waals surface area contributed by atoms with Gasteiger partial charge < -0.3 is 20.7 Å². The number of carbonyl (C=O) groups excluding carboxylic acids is 2. The minimum absolute atomic E-state index is 0.175. The summed E-state index contributed by atoms with van der Waals surface area (Å²) in [7, 11) is 0. The van der Waals surface area contributed by atoms with Gasteiger partial charge in [0.05, 0.1) is 6.54 Å². The normalized spacial score (nSPS) is 13.0. The number of amides is 3. The lowest BCUT2D eigenvalue weighted by Gasteiger charge is -2.09. The average Bonchev–Trinajstić information content (AvgIpc) is 3.44. The van der Waals surface area contributed by atoms with Gasteiger partial charge in [-0.25, -0.2) is 4.79 Å². The maximum Gasteiger partial charge on any atom is 0.319 e. The summed E-state index contributed by atoms with van der Waals surface area (Å²) in [6.45, 7) is 0.814. The van der Waals surface area contributed by atoms with E-state index in [0.717, 1.165) is 18.6 Å². The zero-order valence-corrected chi connectivity index (χ0v) is 13.8. The van der Waals surface area contributed by atoms with E-state index in [1.54, 1.807) is 24.3 Å². The number of hydrogen-bond donors (Lipinski definition) is 3. The molecule has 1 aliphatic carbocycles. The number of para-hydroxylation sites is 1. The second-order valence-corrected chi connectivity index (χ2v) is 5.87. The lowest BCUT2D eigenvalue weighted by molar-refractivity contribution is 0.0947. The van der Waals surface area contributed by atoms with E-state index >= 15 is 0 Å². The summed E-state index contributed by atoms with van der Waals surface area (Å²) in [6.07, 6.45) is 2.08. The van der Waals surface area contributed by atoms with Crippen molar-refractivity contribution in [1.82, 2.24) is 10.6 Å². The number of benzene rings is 2. The largest absolute Gasteiger partial charge is 0.492 e. The van der Waals surface area contributed by atoms with Crippen molar-refractivity contribution in [1.29, 1.82) is 0 Å². The predicted molar refractivity (Wildman–Crippen MR) is 95.9 cm³/mol. The fraction of sp³-hybridized carbons (Fsp3) is 0.263. The van der Waals surface area contributed by atoms with Gasteiger partial charge in [0.2, 0.25) is 0 Å². The molecule has 2 aromatic carbocycles. The minimum atomic E-state index is -0.210. The van der Waals surface area contributed by atoms with Crippen molar-refractivity contribution in [2.24, 2.45) is 0 Å². The predicted octanol–water partition coefficient (Wildman–Crippen LogP) is 2.78. The van der Waals surface area contributed by atoms with Crippen LogP contribution < -0.4 is 20.7 Å². The summed E-state index contributed by atoms with van der Waals surface area (Å²) < 4.78 is 5.52. The lowest BCUT2D eigenvalue weighted by atomic mass is 10.2. The number of urea groups is 1. The van der Waals surface area contributed by atoms with E-state index in [2.05, 4.69) is 16.0 Å². The van der Waals surface area contributed by atoms with Crippen LogP contribution in [0.4, 0.5) is 10.5 Å². The van der Waals surface area contributed by atoms with E-state index in [4.69, 9.17) is 4.74 Å². The molecule has 3 rings (SSSR count). The Hall–Kier alpha value is -3.02. The fourth-order valence-corrected chi connectivity index (χ4v) is 2.24. The molecular formula is C19H21N3O3. The van der Waals surface area contributed by atoms with Gasteiger partial charge in [-0.3, -0.25) is 4.79 Å². The topological polar surface area (TPSA) is 79.5 Å². The number of carbonyl (C=O) groups is 2. The van der Waals surface area contributed by atoms with E-state index in [1.807, 2.05) is 30.3 Å². The van der Waals surface area contributed by atoms with Crippen molar-refractivity contribution in [2.75, 3.05) is 18.5 Å². The SMILES string of the molecule is O=C(Nc1ccc(C(=O)NCCOc2ccccc2)cc1)NC1CC1. The fourth-order valence-electron chi connectivity index (χ4n) is 2.24. The van der Waals surface area contributed by atoms with E-state index in [9.17, 15) is 9.59 Å². The van der Waals surface area contributed by atoms with Crippen LogP contribution in [0.2, 0.25) is 0 Å². The van der Waals surface area contributed by atoms with Crippen molar-refractivity contribution in [2.45, 2.75) is 18.9 Å². The first-order chi connectivity index (χ1) is 12.2. The molecule has 0 spiro atoms. The monoisotopic (exact) mass is 339 g/mol. The van der Waals surface area contributed by atoms with Crippen molar-refractivity contribution in [3.63, 3.8) is 0 Å². The minimum Gasteiger partial charge on any atom is -0.492 e. The van der Waals surface area contributed by atoms with Gasteiger partial charge in [-0.2, -0.15) is 0 Å². The molecule has 1 saturated carbocycles. The molecule has 0 saturated heterocycles. The number of hydrogen-bond acceptors (Lipinski definition) is 3. The van der Waals surface area contributed by atoms with Gasteiger partial charge in [0.1, 0.15) is 12.4 Å². The molecule has 1 fully saturated rings. The van der Waals surface area contributed by atoms with E-state index in [0.29, 0.717) is 30.4 Å². The van der Waals surface area contributed by atoms with Gasteiger partial charge in [-0.15, -0.1) is 0 Å². The zero-order valence-electron chi connectivity index (χ0n) is 13.8. The summed E-state index contributed by atoms with van der Waals surface area (Å²) in [5.74, 6) is 0.599. The van der Waals surface area contributed by atoms with Crippen molar-refractivity contribution in [3.8, 4) is 5.75 Å². The Morgan fingerprint density at radius 3 is 2.40 bits per heavy atom. The molecule has 1 aliphatic rings. The summed E-state index contributed by atoms with van der Waals surface area (Å²) in [6, 6.07) is 16.3. The smallest absolute Gasteiger partial charge is 0.319 e. The highest BCUT2D eigenvalue weighted by atomic mass is 16.5. The Bertz CT molecular complexity index is 712. The number of anilines is 1. The second-order valence-electron chi connectivity index (χ2n) is 5.87. The molecule has 6 nitrogen and oxygen atoms in total. The summed E-state index contributed by atoms with van der Waals surface area (Å²) in [5, 5.41) is 8.39. The number of ether oxygens (including phenoxy) is 1. The second kappa shape index (κ2) is 8.19. The standard InChI is InChI=1S/C19H21N3O3/c23-18(20-12-13-25-17-4-2-1-3-5-17)14-6-8-15(9-7-14)21-19(24)22-16-10-11-16/h1-9,16H,10-13H2,(H,20,23)(H2,21,22,24). The molecule has 3 amide bonds. The van der Waals surface area contributed by atoms with Crippen molar-refractivity contribution >= 4 is 17.6 Å². The van der Waals surface area contributed by atoms with E-state index < -0.39 is 0 Å². The molecule has 130 valence electrons. The molecule has 25 heavy (non-hydrogen) atoms. The first-order valence-electron chi connectivity index (χ1n) is 8.34. The van der Waals surface area contributed by atoms with Crippen LogP contribution in [0.25, 0.3) is 0 Å². The number of rotatable bonds is 7. The van der Waals surface area contributed by atoms with Crippen LogP contribution in [0.1, 0.15) is 23.2 Å². The summed E-state index contributed by atoms with van der Waals surface area (Å²) in [5.41, 5.74) is 1.19. The van der Waals surface area contributed by atoms with Gasteiger partial charge in [-0.1, -0.05) is 18.2 Å². The van der Waals surface area contributed by atoms with Crippen LogP contribution in [0, 0.1) is 0 Å². The van der Waals surface area contributed by atoms with Crippen molar-refractivity contribution in [3.05, 3.63) is 60.2 Å². The Morgan fingerprint density at radius 1 is 1.00 bits per heavy atom. The third-order valence-corrected chi connectivity index (χ3v) is 3.72.